The lowest BCUT2D eigenvalue weighted by Crippen LogP contribution is -2.32. The summed E-state index contributed by atoms with van der Waals surface area (Å²) in [7, 11) is 0. The molecular formula is C14H19NOS. The third-order valence-electron chi connectivity index (χ3n) is 2.97. The number of benzene rings is 1. The molecule has 0 saturated heterocycles. The molecular weight excluding hydrogens is 230 g/mol. The maximum Gasteiger partial charge on any atom is 0.233 e. The Labute approximate surface area is 107 Å². The molecule has 2 nitrogen and oxygen atoms in total. The maximum absolute atomic E-state index is 11.8. The second-order valence-corrected chi connectivity index (χ2v) is 6.30. The number of thioether (sulfide) groups is 1. The number of carbonyl (C=O) groups excluding carboxylic acids is 1. The second-order valence-electron chi connectivity index (χ2n) is 4.61. The van der Waals surface area contributed by atoms with Crippen molar-refractivity contribution in [2.45, 2.75) is 43.2 Å². The molecule has 1 amide bonds. The van der Waals surface area contributed by atoms with E-state index in [0.717, 1.165) is 12.8 Å². The summed E-state index contributed by atoms with van der Waals surface area (Å²) in [6, 6.07) is 10.8. The Kier molecular flexibility index (Phi) is 4.11. The smallest absolute Gasteiger partial charge is 0.233 e. The highest BCUT2D eigenvalue weighted by molar-refractivity contribution is 8.00. The average molecular weight is 249 g/mol. The maximum atomic E-state index is 11.8. The van der Waals surface area contributed by atoms with Gasteiger partial charge in [0.1, 0.15) is 0 Å². The Hall–Kier alpha value is -0.960. The number of amides is 1. The lowest BCUT2D eigenvalue weighted by Gasteiger charge is -2.17. The van der Waals surface area contributed by atoms with Gasteiger partial charge in [-0.2, -0.15) is 0 Å². The molecule has 1 fully saturated rings. The van der Waals surface area contributed by atoms with E-state index in [-0.39, 0.29) is 11.2 Å². The molecule has 17 heavy (non-hydrogen) atoms. The van der Waals surface area contributed by atoms with Crippen LogP contribution >= 0.6 is 11.8 Å². The van der Waals surface area contributed by atoms with Gasteiger partial charge in [-0.05, 0) is 32.3 Å². The van der Waals surface area contributed by atoms with Crippen LogP contribution in [0.2, 0.25) is 0 Å². The van der Waals surface area contributed by atoms with Crippen molar-refractivity contribution in [1.82, 2.24) is 5.32 Å². The zero-order valence-corrected chi connectivity index (χ0v) is 11.2. The van der Waals surface area contributed by atoms with Crippen LogP contribution in [0.5, 0.6) is 0 Å². The SMILES string of the molecule is CC(SC(C)c1ccccc1)C(=O)NC1CC1. The van der Waals surface area contributed by atoms with Crippen LogP contribution in [0.4, 0.5) is 0 Å². The normalized spacial score (nSPS) is 18.5. The topological polar surface area (TPSA) is 29.1 Å². The Morgan fingerprint density at radius 2 is 1.94 bits per heavy atom. The monoisotopic (exact) mass is 249 g/mol. The van der Waals surface area contributed by atoms with E-state index in [1.54, 1.807) is 11.8 Å². The van der Waals surface area contributed by atoms with Gasteiger partial charge in [-0.25, -0.2) is 0 Å². The lowest BCUT2D eigenvalue weighted by molar-refractivity contribution is -0.120. The number of hydrogen-bond donors (Lipinski definition) is 1. The highest BCUT2D eigenvalue weighted by atomic mass is 32.2. The summed E-state index contributed by atoms with van der Waals surface area (Å²) in [5.41, 5.74) is 1.28. The molecule has 2 unspecified atom stereocenters. The Morgan fingerprint density at radius 1 is 1.29 bits per heavy atom. The minimum Gasteiger partial charge on any atom is -0.352 e. The average Bonchev–Trinajstić information content (AvgIpc) is 3.14. The van der Waals surface area contributed by atoms with Gasteiger partial charge < -0.3 is 5.32 Å². The molecule has 3 heteroatoms. The molecule has 2 atom stereocenters. The van der Waals surface area contributed by atoms with Crippen LogP contribution < -0.4 is 5.32 Å². The molecule has 0 aliphatic heterocycles. The van der Waals surface area contributed by atoms with Gasteiger partial charge >= 0.3 is 0 Å². The van der Waals surface area contributed by atoms with E-state index >= 15 is 0 Å². The fraction of sp³-hybridized carbons (Fsp3) is 0.500. The van der Waals surface area contributed by atoms with Crippen LogP contribution in [0.3, 0.4) is 0 Å². The first kappa shape index (κ1) is 12.5. The summed E-state index contributed by atoms with van der Waals surface area (Å²) in [6.45, 7) is 4.14. The van der Waals surface area contributed by atoms with Gasteiger partial charge in [0.15, 0.2) is 0 Å². The molecule has 1 saturated carbocycles. The van der Waals surface area contributed by atoms with E-state index in [0.29, 0.717) is 11.3 Å². The molecule has 0 bridgehead atoms. The fourth-order valence-corrected chi connectivity index (χ4v) is 2.84. The highest BCUT2D eigenvalue weighted by Crippen LogP contribution is 2.32. The van der Waals surface area contributed by atoms with Crippen molar-refractivity contribution in [3.8, 4) is 0 Å². The van der Waals surface area contributed by atoms with Gasteiger partial charge in [-0.3, -0.25) is 4.79 Å². The number of rotatable bonds is 5. The van der Waals surface area contributed by atoms with Crippen molar-refractivity contribution in [1.29, 1.82) is 0 Å². The van der Waals surface area contributed by atoms with E-state index in [9.17, 15) is 4.79 Å². The standard InChI is InChI=1S/C14H19NOS/c1-10(12-6-4-3-5-7-12)17-11(2)14(16)15-13-8-9-13/h3-7,10-11,13H,8-9H2,1-2H3,(H,15,16). The Bertz CT molecular complexity index is 375. The third kappa shape index (κ3) is 3.77. The van der Waals surface area contributed by atoms with Crippen molar-refractivity contribution < 1.29 is 4.79 Å². The minimum atomic E-state index is 0.0193. The fourth-order valence-electron chi connectivity index (χ4n) is 1.72. The summed E-state index contributed by atoms with van der Waals surface area (Å²) >= 11 is 1.72. The minimum absolute atomic E-state index is 0.0193. The summed E-state index contributed by atoms with van der Waals surface area (Å²) in [6.07, 6.45) is 2.30. The summed E-state index contributed by atoms with van der Waals surface area (Å²) < 4.78 is 0. The molecule has 1 N–H and O–H groups in total. The molecule has 2 rings (SSSR count). The Balaban J connectivity index is 1.84. The van der Waals surface area contributed by atoms with E-state index in [1.165, 1.54) is 5.56 Å². The molecule has 1 aliphatic rings. The van der Waals surface area contributed by atoms with Crippen LogP contribution in [-0.2, 0) is 4.79 Å². The van der Waals surface area contributed by atoms with Crippen LogP contribution in [0.15, 0.2) is 30.3 Å². The zero-order valence-electron chi connectivity index (χ0n) is 10.3. The molecule has 0 spiro atoms. The van der Waals surface area contributed by atoms with Gasteiger partial charge in [-0.15, -0.1) is 11.8 Å². The first-order chi connectivity index (χ1) is 8.16. The van der Waals surface area contributed by atoms with E-state index < -0.39 is 0 Å². The molecule has 0 aromatic heterocycles. The number of carbonyl (C=O) groups is 1. The van der Waals surface area contributed by atoms with Gasteiger partial charge in [0.05, 0.1) is 5.25 Å². The van der Waals surface area contributed by atoms with Crippen molar-refractivity contribution in [3.63, 3.8) is 0 Å². The summed E-state index contributed by atoms with van der Waals surface area (Å²) in [4.78, 5) is 11.8. The zero-order chi connectivity index (χ0) is 12.3. The second kappa shape index (κ2) is 5.58. The van der Waals surface area contributed by atoms with Gasteiger partial charge in [0, 0.05) is 11.3 Å². The molecule has 1 aromatic rings. The van der Waals surface area contributed by atoms with Crippen LogP contribution in [0.25, 0.3) is 0 Å². The summed E-state index contributed by atoms with van der Waals surface area (Å²) in [5.74, 6) is 0.181. The number of nitrogens with one attached hydrogen (secondary N) is 1. The Morgan fingerprint density at radius 3 is 2.53 bits per heavy atom. The highest BCUT2D eigenvalue weighted by Gasteiger charge is 2.26. The van der Waals surface area contributed by atoms with Gasteiger partial charge in [0.2, 0.25) is 5.91 Å². The quantitative estimate of drug-likeness (QED) is 0.868. The van der Waals surface area contributed by atoms with Crippen molar-refractivity contribution in [2.24, 2.45) is 0 Å². The van der Waals surface area contributed by atoms with Crippen LogP contribution in [0, 0.1) is 0 Å². The van der Waals surface area contributed by atoms with Crippen molar-refractivity contribution in [2.75, 3.05) is 0 Å². The van der Waals surface area contributed by atoms with E-state index in [2.05, 4.69) is 24.4 Å². The first-order valence-electron chi connectivity index (χ1n) is 6.17. The van der Waals surface area contributed by atoms with E-state index in [4.69, 9.17) is 0 Å². The molecule has 1 aromatic carbocycles. The number of hydrogen-bond acceptors (Lipinski definition) is 2. The summed E-state index contributed by atoms with van der Waals surface area (Å²) in [5, 5.41) is 3.43. The van der Waals surface area contributed by atoms with E-state index in [1.807, 2.05) is 25.1 Å². The predicted octanol–water partition coefficient (Wildman–Crippen LogP) is 3.15. The predicted molar refractivity (Wildman–Crippen MR) is 73.1 cm³/mol. The first-order valence-corrected chi connectivity index (χ1v) is 7.12. The van der Waals surface area contributed by atoms with Gasteiger partial charge in [-0.1, -0.05) is 30.3 Å². The molecule has 92 valence electrons. The molecule has 1 aliphatic carbocycles. The van der Waals surface area contributed by atoms with Gasteiger partial charge in [0.25, 0.3) is 0 Å². The molecule has 0 heterocycles. The largest absolute Gasteiger partial charge is 0.352 e. The van der Waals surface area contributed by atoms with Crippen molar-refractivity contribution >= 4 is 17.7 Å². The van der Waals surface area contributed by atoms with Crippen molar-refractivity contribution in [3.05, 3.63) is 35.9 Å². The lowest BCUT2D eigenvalue weighted by atomic mass is 10.2. The molecule has 0 radical (unpaired) electrons. The van der Waals surface area contributed by atoms with Crippen LogP contribution in [-0.4, -0.2) is 17.2 Å². The third-order valence-corrected chi connectivity index (χ3v) is 4.27. The van der Waals surface area contributed by atoms with Crippen LogP contribution in [0.1, 0.15) is 37.5 Å².